The van der Waals surface area contributed by atoms with E-state index >= 15 is 0 Å². The zero-order valence-corrected chi connectivity index (χ0v) is 83.7. The molecule has 4 aliphatic rings. The van der Waals surface area contributed by atoms with Crippen LogP contribution in [0.3, 0.4) is 0 Å². The summed E-state index contributed by atoms with van der Waals surface area (Å²) < 4.78 is 89.7. The summed E-state index contributed by atoms with van der Waals surface area (Å²) in [4.78, 5) is 35.0. The fraction of sp³-hybridized carbons (Fsp3) is 0.342. The van der Waals surface area contributed by atoms with Crippen LogP contribution < -0.4 is 97.8 Å². The van der Waals surface area contributed by atoms with Crippen molar-refractivity contribution in [2.45, 2.75) is 67.2 Å². The van der Waals surface area contributed by atoms with E-state index in [2.05, 4.69) is 169 Å². The van der Waals surface area contributed by atoms with Gasteiger partial charge in [-0.1, -0.05) is 66.2 Å². The molecule has 4 saturated heterocycles. The van der Waals surface area contributed by atoms with Crippen LogP contribution in [-0.2, 0) is 44.6 Å². The Morgan fingerprint density at radius 2 is 0.704 bits per heavy atom. The Morgan fingerprint density at radius 3 is 1.12 bits per heavy atom. The summed E-state index contributed by atoms with van der Waals surface area (Å²) in [5.41, 5.74) is 23.0. The number of nitrogens with one attached hydrogen (secondary N) is 6. The minimum atomic E-state index is 0.473. The molecule has 8 aromatic carbocycles. The number of rotatable bonds is 37. The Kier molecular flexibility index (Phi) is 36.2. The van der Waals surface area contributed by atoms with Gasteiger partial charge in [0.2, 0.25) is 11.8 Å². The fourth-order valence-electron chi connectivity index (χ4n) is 16.9. The lowest BCUT2D eigenvalue weighted by atomic mass is 10.1. The molecule has 746 valence electrons. The normalized spacial score (nSPS) is 13.6. The van der Waals surface area contributed by atoms with Crippen LogP contribution in [0, 0.1) is 41.5 Å². The van der Waals surface area contributed by atoms with Gasteiger partial charge in [-0.3, -0.25) is 5.43 Å². The molecule has 6 N–H and O–H groups in total. The van der Waals surface area contributed by atoms with Gasteiger partial charge in [0.05, 0.1) is 142 Å². The minimum absolute atomic E-state index is 0.473. The van der Waals surface area contributed by atoms with Gasteiger partial charge < -0.3 is 121 Å². The molecule has 6 aromatic heterocycles. The number of benzene rings is 8. The van der Waals surface area contributed by atoms with Gasteiger partial charge in [0.1, 0.15) is 40.6 Å². The third kappa shape index (κ3) is 28.2. The van der Waals surface area contributed by atoms with Crippen molar-refractivity contribution in [1.29, 1.82) is 0 Å². The maximum Gasteiger partial charge on any atom is 0.217 e. The average molecular weight is 1930 g/mol. The van der Waals surface area contributed by atoms with E-state index in [0.29, 0.717) is 126 Å². The first-order valence-electron chi connectivity index (χ1n) is 48.0. The number of hydrogen-bond donors (Lipinski definition) is 6. The van der Waals surface area contributed by atoms with Gasteiger partial charge in [-0.2, -0.15) is 15.1 Å². The van der Waals surface area contributed by atoms with E-state index in [1.165, 1.54) is 44.4 Å². The Labute approximate surface area is 831 Å². The summed E-state index contributed by atoms with van der Waals surface area (Å²) in [6, 6.07) is 68.7. The van der Waals surface area contributed by atoms with E-state index in [0.717, 1.165) is 202 Å². The molecule has 4 fully saturated rings. The Bertz CT molecular complexity index is 6300. The smallest absolute Gasteiger partial charge is 0.217 e. The number of methoxy groups -OCH3 is 8. The lowest BCUT2D eigenvalue weighted by molar-refractivity contribution is 0.122. The van der Waals surface area contributed by atoms with Gasteiger partial charge in [0.25, 0.3) is 0 Å². The summed E-state index contributed by atoms with van der Waals surface area (Å²) in [5.74, 6) is 13.2. The zero-order chi connectivity index (χ0) is 99.1. The summed E-state index contributed by atoms with van der Waals surface area (Å²) in [6.07, 6.45) is 4.69. The molecule has 31 heteroatoms. The predicted octanol–water partition coefficient (Wildman–Crippen LogP) is 19.7. The van der Waals surface area contributed by atoms with E-state index in [-0.39, 0.29) is 0 Å². The minimum Gasteiger partial charge on any atom is -0.493 e. The van der Waals surface area contributed by atoms with Gasteiger partial charge in [-0.05, 0) is 183 Å². The average Bonchev–Trinajstić information content (AvgIpc) is 1.65. The molecular weight excluding hydrogens is 1800 g/mol. The summed E-state index contributed by atoms with van der Waals surface area (Å²) in [5, 5.41) is 17.3. The molecule has 31 nitrogen and oxygen atoms in total. The first-order chi connectivity index (χ1) is 69.3. The zero-order valence-electron chi connectivity index (χ0n) is 83.7. The van der Waals surface area contributed by atoms with Crippen molar-refractivity contribution in [1.82, 2.24) is 29.9 Å². The van der Waals surface area contributed by atoms with E-state index in [4.69, 9.17) is 90.7 Å². The van der Waals surface area contributed by atoms with Crippen molar-refractivity contribution in [2.24, 2.45) is 5.10 Å². The summed E-state index contributed by atoms with van der Waals surface area (Å²) in [6.45, 7) is 26.7. The number of H-pyrrole nitrogens is 2. The molecule has 10 heterocycles. The number of morpholine rings is 4. The van der Waals surface area contributed by atoms with Gasteiger partial charge in [0, 0.05) is 188 Å². The molecular formula is C111H131N15O16. The lowest BCUT2D eigenvalue weighted by Crippen LogP contribution is -2.36. The molecule has 142 heavy (non-hydrogen) atoms. The first-order valence-corrected chi connectivity index (χ1v) is 48.0. The predicted molar refractivity (Wildman–Crippen MR) is 563 cm³/mol. The third-order valence-electron chi connectivity index (χ3n) is 24.8. The van der Waals surface area contributed by atoms with Crippen molar-refractivity contribution in [3.05, 3.63) is 268 Å². The van der Waals surface area contributed by atoms with E-state index in [1.807, 2.05) is 140 Å². The van der Waals surface area contributed by atoms with Crippen LogP contribution in [0.25, 0.3) is 21.8 Å². The first kappa shape index (κ1) is 101. The second-order valence-electron chi connectivity index (χ2n) is 34.5. The van der Waals surface area contributed by atoms with Crippen molar-refractivity contribution in [2.75, 3.05) is 229 Å². The highest BCUT2D eigenvalue weighted by molar-refractivity contribution is 5.90. The fourth-order valence-corrected chi connectivity index (χ4v) is 16.9. The number of aryl methyl sites for hydroxylation is 6. The highest BCUT2D eigenvalue weighted by Gasteiger charge is 2.23. The molecule has 0 spiro atoms. The van der Waals surface area contributed by atoms with Gasteiger partial charge in [0.15, 0.2) is 51.8 Å². The van der Waals surface area contributed by atoms with Crippen LogP contribution in [-0.4, -0.2) is 225 Å². The number of pyridine rings is 4. The van der Waals surface area contributed by atoms with Gasteiger partial charge >= 0.3 is 0 Å². The summed E-state index contributed by atoms with van der Waals surface area (Å²) in [7, 11) is 13.1. The third-order valence-corrected chi connectivity index (χ3v) is 24.8. The van der Waals surface area contributed by atoms with E-state index in [1.54, 1.807) is 63.1 Å². The molecule has 0 aliphatic carbocycles. The molecule has 0 atom stereocenters. The standard InChI is InChI=1S/2C29H34N4O4.C27H32N4O4.C26H31N3O4/c1-19-20(2)30-25-7-6-22(16-24(19)25)31-28-17-23(18-29(32-28)33-10-13-36-14-11-33)37-12-9-21-5-8-26(34-3)27(15-21)35-4;1-19-20(2)30-25-7-6-22(16-24(19)25)31-23-17-28(33-10-13-36-14-11-33)32-29(18-23)37-12-9-21-5-8-26(34-3)27(15-21)35-4;1-20-5-4-6-22(15-20)19-28-30-26-17-23(31-10-13-34-14-11-31)18-27(29-26)35-12-9-21-7-8-24(32-2)25(16-21)33-3;1-19-5-4-6-21(15-19)27-25-17-22(18-26(28-25)29-10-13-32-14-11-29)33-12-9-20-7-8-23(30-2)24(16-20)31-3/h2*5-8,15-18,30H,9-14H2,1-4H3,(H,31,32);4-8,15-19H,9-14H2,1-3H3,(H,29,30);4-8,15-18H,9-14H2,1-3H3,(H,27,28)/b;;28-19+;. The molecule has 4 aliphatic heterocycles. The number of hydrogen-bond acceptors (Lipinski definition) is 29. The second-order valence-corrected chi connectivity index (χ2v) is 34.5. The lowest BCUT2D eigenvalue weighted by Gasteiger charge is -2.29. The van der Waals surface area contributed by atoms with Crippen molar-refractivity contribution in [3.63, 3.8) is 0 Å². The SMILES string of the molecule is COc1ccc(CCOc2cc(N3CCOCC3)cc(N/N=C/c3cccc(C)c3)n2)cc1OC.COc1ccc(CCOc2cc(Nc3ccc4[nH]c(C)c(C)c4c3)cc(N3CCOCC3)n2)cc1OC.COc1ccc(CCOc2cc(Nc3ccc4[nH]c(C)c(C)c4c3)nc(N3CCOCC3)c2)cc1OC.COc1ccc(CCOc2cc(Nc3cccc(C)c3)nc(N3CCOCC3)c2)cc1OC. The highest BCUT2D eigenvalue weighted by Crippen LogP contribution is 2.38. The largest absolute Gasteiger partial charge is 0.493 e. The molecule has 0 unspecified atom stereocenters. The van der Waals surface area contributed by atoms with E-state index < -0.39 is 0 Å². The Hall–Kier alpha value is -15.1. The number of anilines is 11. The van der Waals surface area contributed by atoms with Gasteiger partial charge in [-0.15, -0.1) is 0 Å². The van der Waals surface area contributed by atoms with Crippen molar-refractivity contribution in [3.8, 4) is 69.3 Å². The van der Waals surface area contributed by atoms with Crippen LogP contribution in [0.1, 0.15) is 61.5 Å². The number of aromatic amines is 2. The molecule has 0 saturated carbocycles. The van der Waals surface area contributed by atoms with Gasteiger partial charge in [-0.25, -0.2) is 9.97 Å². The van der Waals surface area contributed by atoms with Crippen molar-refractivity contribution >= 4 is 91.4 Å². The van der Waals surface area contributed by atoms with Crippen LogP contribution >= 0.6 is 0 Å². The number of aromatic nitrogens is 6. The topological polar surface area (TPSA) is 304 Å². The van der Waals surface area contributed by atoms with Crippen LogP contribution in [0.2, 0.25) is 0 Å². The molecule has 18 rings (SSSR count). The molecule has 14 aromatic rings. The maximum absolute atomic E-state index is 6.23. The van der Waals surface area contributed by atoms with Crippen LogP contribution in [0.4, 0.5) is 63.3 Å². The van der Waals surface area contributed by atoms with E-state index in [9.17, 15) is 0 Å². The van der Waals surface area contributed by atoms with Crippen molar-refractivity contribution < 1.29 is 75.8 Å². The number of nitrogens with zero attached hydrogens (tertiary/aromatic N) is 9. The monoisotopic (exact) mass is 1930 g/mol. The summed E-state index contributed by atoms with van der Waals surface area (Å²) >= 11 is 0. The number of fused-ring (bicyclic) bond motifs is 2. The quantitative estimate of drug-likeness (QED) is 0.0156. The molecule has 0 amide bonds. The number of ether oxygens (including phenoxy) is 16. The molecule has 0 bridgehead atoms. The molecule has 0 radical (unpaired) electrons. The Morgan fingerprint density at radius 1 is 0.324 bits per heavy atom. The second kappa shape index (κ2) is 50.7. The van der Waals surface area contributed by atoms with Crippen LogP contribution in [0.15, 0.2) is 211 Å². The maximum atomic E-state index is 6.23. The highest BCUT2D eigenvalue weighted by atomic mass is 16.5. The van der Waals surface area contributed by atoms with Crippen LogP contribution in [0.5, 0.6) is 69.3 Å². The Balaban J connectivity index is 0.000000143. The number of hydrazone groups is 1.